The zero-order valence-electron chi connectivity index (χ0n) is 15.5. The van der Waals surface area contributed by atoms with Crippen molar-refractivity contribution in [2.75, 3.05) is 13.1 Å². The number of H-pyrrole nitrogens is 1. The van der Waals surface area contributed by atoms with Crippen LogP contribution in [0.1, 0.15) is 37.9 Å². The van der Waals surface area contributed by atoms with Crippen LogP contribution in [0.25, 0.3) is 16.8 Å². The van der Waals surface area contributed by atoms with E-state index in [2.05, 4.69) is 27.1 Å². The number of likely N-dealkylation sites (tertiary alicyclic amines) is 1. The molecular weight excluding hydrogens is 360 g/mol. The molecule has 1 aliphatic heterocycles. The highest BCUT2D eigenvalue weighted by Crippen LogP contribution is 2.34. The second kappa shape index (κ2) is 6.76. The maximum absolute atomic E-state index is 11.3. The second-order valence-electron chi connectivity index (χ2n) is 7.45. The van der Waals surface area contributed by atoms with Gasteiger partial charge in [0.05, 0.1) is 17.8 Å². The Morgan fingerprint density at radius 2 is 2.25 bits per heavy atom. The van der Waals surface area contributed by atoms with Gasteiger partial charge in [0, 0.05) is 25.2 Å². The van der Waals surface area contributed by atoms with E-state index in [0.29, 0.717) is 18.7 Å². The topological polar surface area (TPSA) is 149 Å². The van der Waals surface area contributed by atoms with Crippen molar-refractivity contribution in [2.24, 2.45) is 11.7 Å². The smallest absolute Gasteiger partial charge is 0.407 e. The summed E-state index contributed by atoms with van der Waals surface area (Å²) in [5.41, 5.74) is 7.26. The number of carboxylic acid groups (broad SMARTS) is 1. The van der Waals surface area contributed by atoms with Crippen LogP contribution in [0.3, 0.4) is 0 Å². The van der Waals surface area contributed by atoms with Gasteiger partial charge in [-0.3, -0.25) is 4.40 Å². The zero-order valence-corrected chi connectivity index (χ0v) is 15.5. The second-order valence-corrected chi connectivity index (χ2v) is 7.45. The van der Waals surface area contributed by atoms with E-state index in [1.807, 2.05) is 22.7 Å². The average molecular weight is 382 g/mol. The highest BCUT2D eigenvalue weighted by Gasteiger charge is 2.38. The molecule has 1 aliphatic carbocycles. The van der Waals surface area contributed by atoms with Gasteiger partial charge < -0.3 is 20.7 Å². The van der Waals surface area contributed by atoms with E-state index in [4.69, 9.17) is 11.0 Å². The lowest BCUT2D eigenvalue weighted by atomic mass is 9.93. The third-order valence-electron chi connectivity index (χ3n) is 5.55. The van der Waals surface area contributed by atoms with Gasteiger partial charge in [-0.05, 0) is 24.8 Å². The molecule has 4 heterocycles. The van der Waals surface area contributed by atoms with Crippen molar-refractivity contribution in [2.45, 2.75) is 37.6 Å². The molecule has 0 bridgehead atoms. The number of nitriles is 1. The number of rotatable bonds is 2. The lowest BCUT2D eigenvalue weighted by Crippen LogP contribution is -2.26. The van der Waals surface area contributed by atoms with E-state index in [0.717, 1.165) is 36.3 Å². The van der Waals surface area contributed by atoms with Gasteiger partial charge in [-0.25, -0.2) is 9.78 Å². The van der Waals surface area contributed by atoms with Crippen molar-refractivity contribution in [1.82, 2.24) is 29.5 Å². The number of amides is 1. The number of fused-ring (bicyclic) bond motifs is 3. The quantitative estimate of drug-likeness (QED) is 0.610. The van der Waals surface area contributed by atoms with Gasteiger partial charge in [0.1, 0.15) is 11.4 Å². The molecule has 146 valence electrons. The number of hydrogen-bond donors (Lipinski definition) is 3. The molecule has 3 aromatic rings. The Kier molecular flexibility index (Phi) is 4.39. The maximum atomic E-state index is 11.3. The predicted molar refractivity (Wildman–Crippen MR) is 101 cm³/mol. The van der Waals surface area contributed by atoms with Gasteiger partial charge in [-0.15, -0.1) is 10.2 Å². The van der Waals surface area contributed by atoms with Crippen LogP contribution < -0.4 is 5.73 Å². The molecule has 5 rings (SSSR count). The summed E-state index contributed by atoms with van der Waals surface area (Å²) >= 11 is 0. The third kappa shape index (κ3) is 3.14. The van der Waals surface area contributed by atoms with Gasteiger partial charge in [0.25, 0.3) is 0 Å². The Morgan fingerprint density at radius 1 is 1.46 bits per heavy atom. The third-order valence-corrected chi connectivity index (χ3v) is 5.55. The number of nitrogens with two attached hydrogens (primary N) is 1. The molecule has 0 radical (unpaired) electrons. The Bertz CT molecular complexity index is 1060. The SMILES string of the molecule is CC[C@H]1CN(C(=O)O)C[C@H]1c1nnc2cnc3[nH]ccc3n12.N#CC1(N)CC1. The monoisotopic (exact) mass is 382 g/mol. The average Bonchev–Trinajstić information content (AvgIpc) is 3.11. The molecule has 4 N–H and O–H groups in total. The first-order chi connectivity index (χ1) is 13.5. The lowest BCUT2D eigenvalue weighted by Gasteiger charge is -2.14. The minimum absolute atomic E-state index is 0.0524. The lowest BCUT2D eigenvalue weighted by molar-refractivity contribution is 0.153. The summed E-state index contributed by atoms with van der Waals surface area (Å²) in [5.74, 6) is 1.12. The van der Waals surface area contributed by atoms with Crippen LogP contribution in [0.4, 0.5) is 4.79 Å². The van der Waals surface area contributed by atoms with Crippen LogP contribution in [0.15, 0.2) is 18.5 Å². The van der Waals surface area contributed by atoms with E-state index in [-0.39, 0.29) is 11.8 Å². The minimum Gasteiger partial charge on any atom is -0.465 e. The molecule has 10 nitrogen and oxygen atoms in total. The van der Waals surface area contributed by atoms with Gasteiger partial charge in [0.2, 0.25) is 0 Å². The number of hydrogen-bond acceptors (Lipinski definition) is 6. The number of aromatic nitrogens is 5. The molecule has 2 fully saturated rings. The molecule has 10 heteroatoms. The summed E-state index contributed by atoms with van der Waals surface area (Å²) in [6, 6.07) is 3.93. The van der Waals surface area contributed by atoms with Crippen LogP contribution >= 0.6 is 0 Å². The van der Waals surface area contributed by atoms with Crippen LogP contribution in [-0.2, 0) is 0 Å². The fraction of sp³-hybridized carbons (Fsp3) is 0.500. The molecule has 0 aromatic carbocycles. The largest absolute Gasteiger partial charge is 0.465 e. The molecule has 2 aliphatic rings. The van der Waals surface area contributed by atoms with Gasteiger partial charge >= 0.3 is 6.09 Å². The van der Waals surface area contributed by atoms with Crippen LogP contribution in [-0.4, -0.2) is 59.3 Å². The Hall–Kier alpha value is -3.19. The normalized spacial score (nSPS) is 22.7. The highest BCUT2D eigenvalue weighted by atomic mass is 16.4. The Labute approximate surface area is 161 Å². The summed E-state index contributed by atoms with van der Waals surface area (Å²) in [5, 5.41) is 25.9. The van der Waals surface area contributed by atoms with Gasteiger partial charge in [-0.1, -0.05) is 13.3 Å². The maximum Gasteiger partial charge on any atom is 0.407 e. The zero-order chi connectivity index (χ0) is 19.9. The van der Waals surface area contributed by atoms with E-state index in [1.54, 1.807) is 6.20 Å². The number of aromatic amines is 1. The fourth-order valence-electron chi connectivity index (χ4n) is 3.62. The van der Waals surface area contributed by atoms with Crippen molar-refractivity contribution >= 4 is 22.9 Å². The van der Waals surface area contributed by atoms with Crippen LogP contribution in [0, 0.1) is 17.2 Å². The molecular formula is C18H22N8O2. The molecule has 1 amide bonds. The predicted octanol–water partition coefficient (Wildman–Crippen LogP) is 1.71. The van der Waals surface area contributed by atoms with E-state index in [1.165, 1.54) is 4.90 Å². The van der Waals surface area contributed by atoms with Crippen molar-refractivity contribution in [1.29, 1.82) is 5.26 Å². The summed E-state index contributed by atoms with van der Waals surface area (Å²) < 4.78 is 1.98. The summed E-state index contributed by atoms with van der Waals surface area (Å²) in [4.78, 5) is 20.1. The summed E-state index contributed by atoms with van der Waals surface area (Å²) in [6.07, 6.45) is 5.33. The number of nitrogens with zero attached hydrogens (tertiary/aromatic N) is 6. The fourth-order valence-corrected chi connectivity index (χ4v) is 3.62. The number of carbonyl (C=O) groups is 1. The van der Waals surface area contributed by atoms with E-state index >= 15 is 0 Å². The first-order valence-corrected chi connectivity index (χ1v) is 9.31. The van der Waals surface area contributed by atoms with Crippen molar-refractivity contribution < 1.29 is 9.90 Å². The molecule has 28 heavy (non-hydrogen) atoms. The van der Waals surface area contributed by atoms with Gasteiger partial charge in [0.15, 0.2) is 11.3 Å². The van der Waals surface area contributed by atoms with Gasteiger partial charge in [-0.2, -0.15) is 5.26 Å². The van der Waals surface area contributed by atoms with Crippen LogP contribution in [0.5, 0.6) is 0 Å². The minimum atomic E-state index is -0.872. The van der Waals surface area contributed by atoms with Crippen molar-refractivity contribution in [3.05, 3.63) is 24.3 Å². The molecule has 1 saturated heterocycles. The Balaban J connectivity index is 0.000000275. The first kappa shape index (κ1) is 18.2. The van der Waals surface area contributed by atoms with Crippen molar-refractivity contribution in [3.8, 4) is 6.07 Å². The first-order valence-electron chi connectivity index (χ1n) is 9.31. The molecule has 2 atom stereocenters. The van der Waals surface area contributed by atoms with Crippen molar-refractivity contribution in [3.63, 3.8) is 0 Å². The summed E-state index contributed by atoms with van der Waals surface area (Å²) in [7, 11) is 0. The number of nitrogens with one attached hydrogen (secondary N) is 1. The van der Waals surface area contributed by atoms with E-state index in [9.17, 15) is 9.90 Å². The molecule has 3 aromatic heterocycles. The standard InChI is InChI=1S/C14H16N6O2.C4H6N2/c1-2-8-6-19(14(21)22)7-9(8)13-18-17-11-5-16-12-10(20(11)13)3-4-15-12;5-3-4(6)1-2-4/h3-5,8-9,15H,2,6-7H2,1H3,(H,21,22);1-2,6H2/t8-,9+;/m0./s1. The highest BCUT2D eigenvalue weighted by molar-refractivity contribution is 5.74. The summed E-state index contributed by atoms with van der Waals surface area (Å²) in [6.45, 7) is 3.09. The molecule has 0 unspecified atom stereocenters. The van der Waals surface area contributed by atoms with Crippen LogP contribution in [0.2, 0.25) is 0 Å². The molecule has 1 saturated carbocycles. The molecule has 0 spiro atoms. The van der Waals surface area contributed by atoms with E-state index < -0.39 is 11.6 Å². The Morgan fingerprint density at radius 3 is 2.86 bits per heavy atom.